The van der Waals surface area contributed by atoms with Crippen molar-refractivity contribution in [1.82, 2.24) is 38.2 Å². The monoisotopic (exact) mass is 1750 g/mol. The van der Waals surface area contributed by atoms with Gasteiger partial charge in [0.15, 0.2) is 11.6 Å². The van der Waals surface area contributed by atoms with Gasteiger partial charge in [-0.2, -0.15) is 0 Å². The third kappa shape index (κ3) is 11.2. The molecule has 8 heteroatoms. The van der Waals surface area contributed by atoms with Crippen LogP contribution in [0.2, 0.25) is 0 Å². The Kier molecular flexibility index (Phi) is 16.3. The lowest BCUT2D eigenvalue weighted by atomic mass is 9.92. The Balaban J connectivity index is 0.000000130. The van der Waals surface area contributed by atoms with E-state index in [1.54, 1.807) is 0 Å². The minimum atomic E-state index is 0.697. The highest BCUT2D eigenvalue weighted by atomic mass is 15.0. The maximum Gasteiger partial charge on any atom is 0.161 e. The fourth-order valence-corrected chi connectivity index (χ4v) is 23.6. The van der Waals surface area contributed by atoms with Crippen molar-refractivity contribution in [2.24, 2.45) is 0 Å². The molecule has 31 rings (SSSR count). The highest BCUT2D eigenvalue weighted by Crippen LogP contribution is 2.52. The summed E-state index contributed by atoms with van der Waals surface area (Å²) >= 11 is 0. The molecule has 138 heavy (non-hydrogen) atoms. The van der Waals surface area contributed by atoms with Crippen LogP contribution in [0, 0.1) is 0 Å². The van der Waals surface area contributed by atoms with Crippen LogP contribution in [0.25, 0.3) is 296 Å². The zero-order chi connectivity index (χ0) is 90.1. The van der Waals surface area contributed by atoms with Crippen molar-refractivity contribution in [2.45, 2.75) is 0 Å². The fraction of sp³-hybridized carbons (Fsp3) is 0. The van der Waals surface area contributed by atoms with Crippen molar-refractivity contribution in [2.75, 3.05) is 0 Å². The second-order valence-electron chi connectivity index (χ2n) is 36.9. The van der Waals surface area contributed by atoms with Crippen LogP contribution in [-0.2, 0) is 0 Å². The van der Waals surface area contributed by atoms with Gasteiger partial charge in [-0.05, 0) is 247 Å². The molecule has 0 bridgehead atoms. The summed E-state index contributed by atoms with van der Waals surface area (Å²) in [5, 5.41) is 34.1. The molecule has 0 saturated carbocycles. The van der Waals surface area contributed by atoms with Crippen LogP contribution in [0.5, 0.6) is 0 Å². The zero-order valence-electron chi connectivity index (χ0n) is 74.5. The second-order valence-corrected chi connectivity index (χ2v) is 36.9. The molecule has 0 amide bonds. The second kappa shape index (κ2) is 29.5. The lowest BCUT2D eigenvalue weighted by Gasteiger charge is -2.16. The van der Waals surface area contributed by atoms with Crippen molar-refractivity contribution in [1.29, 1.82) is 0 Å². The molecule has 30 aromatic rings. The first-order valence-corrected chi connectivity index (χ1v) is 47.4. The largest absolute Gasteiger partial charge is 0.309 e. The van der Waals surface area contributed by atoms with E-state index in [9.17, 15) is 0 Å². The predicted molar refractivity (Wildman–Crippen MR) is 580 cm³/mol. The average molecular weight is 1750 g/mol. The molecule has 0 fully saturated rings. The van der Waals surface area contributed by atoms with Crippen molar-refractivity contribution in [3.05, 3.63) is 461 Å². The van der Waals surface area contributed by atoms with Crippen LogP contribution in [0.1, 0.15) is 0 Å². The third-order valence-corrected chi connectivity index (χ3v) is 29.7. The molecular weight excluding hydrogens is 1670 g/mol. The SMILES string of the molecule is c1ccc2c(c1)-c1cccc3c(-c4nc(-c5ccc(-n6c7ccccc7c7cc8cc(-n9c%10ccccc%10c%10c%11ccccc%11ccc%109)ccc8cc76)c6ccccc56)nc5ccccc45)ccc-2c13.c1ccc2cc3c(cc2c1)c1c(-n2c4ccccc4c4c5ccccc5ccc42)cccc1n3-c1ccc(-c2nc(-c3ccc4c5ccccc5c5ccccc5c4c3)c3ccccc3n2)cc1. The van der Waals surface area contributed by atoms with Crippen molar-refractivity contribution in [3.8, 4) is 90.3 Å². The molecule has 1 aliphatic rings. The quantitative estimate of drug-likeness (QED) is 0.142. The number of nitrogens with zero attached hydrogens (tertiary/aromatic N) is 8. The minimum absolute atomic E-state index is 0.697. The van der Waals surface area contributed by atoms with Gasteiger partial charge in [-0.3, -0.25) is 0 Å². The number of benzene rings is 24. The van der Waals surface area contributed by atoms with Crippen LogP contribution in [0.3, 0.4) is 0 Å². The average Bonchev–Trinajstić information content (AvgIpc) is 1.77. The van der Waals surface area contributed by atoms with Gasteiger partial charge in [0, 0.05) is 92.9 Å². The zero-order valence-corrected chi connectivity index (χ0v) is 74.5. The van der Waals surface area contributed by atoms with Gasteiger partial charge in [0.1, 0.15) is 0 Å². The standard InChI is InChI=1S/C66H38N4.C64H38N4/c1-2-15-43-39(14-1)29-34-61-64(43)55-22-9-12-27-59(55)69(61)42-30-28-40-38-62-56(37-41(40)36-42)48-20-8-11-26-58(48)70(62)60-35-33-53(46-18-5-6-19-47(46)60)66-67-57-25-10-7-21-54(57)65(68-66)52-32-31-51-45-17-4-3-16-44(45)49-23-13-24-50(52)63(49)51;1-2-16-42-38-60-54(36-41(42)15-1)62-57(26-13-27-58(62)68-56-25-12-10-23-52(56)61-45-17-4-3-14-39(45)31-35-59(61)68)67(60)44-32-28-40(29-33-44)64-65-55-24-11-9-22-51(55)63(66-64)43-30-34-50-48-20-6-5-18-46(48)47-19-7-8-21-49(47)53(50)37-43/h1-38H;1-38H. The maximum absolute atomic E-state index is 5.55. The highest BCUT2D eigenvalue weighted by Gasteiger charge is 2.29. The summed E-state index contributed by atoms with van der Waals surface area (Å²) < 4.78 is 9.81. The van der Waals surface area contributed by atoms with Crippen LogP contribution < -0.4 is 0 Å². The Bertz CT molecular complexity index is 10500. The fourth-order valence-electron chi connectivity index (χ4n) is 23.6. The van der Waals surface area contributed by atoms with E-state index < -0.39 is 0 Å². The summed E-state index contributed by atoms with van der Waals surface area (Å²) in [6.45, 7) is 0. The Morgan fingerprint density at radius 3 is 1.25 bits per heavy atom. The van der Waals surface area contributed by atoms with Crippen LogP contribution in [0.4, 0.5) is 0 Å². The number of para-hydroxylation sites is 5. The molecular formula is C130H76N8. The molecule has 0 saturated heterocycles. The van der Waals surface area contributed by atoms with E-state index in [4.69, 9.17) is 19.9 Å². The predicted octanol–water partition coefficient (Wildman–Crippen LogP) is 34.3. The van der Waals surface area contributed by atoms with Gasteiger partial charge in [0.2, 0.25) is 0 Å². The Labute approximate surface area is 790 Å². The number of fused-ring (bicyclic) bond motifs is 30. The molecule has 6 aromatic heterocycles. The molecule has 636 valence electrons. The number of hydrogen-bond donors (Lipinski definition) is 0. The van der Waals surface area contributed by atoms with Gasteiger partial charge in [0.05, 0.1) is 77.9 Å². The molecule has 0 N–H and O–H groups in total. The smallest absolute Gasteiger partial charge is 0.161 e. The van der Waals surface area contributed by atoms with E-state index in [1.165, 1.54) is 185 Å². The molecule has 6 heterocycles. The van der Waals surface area contributed by atoms with Gasteiger partial charge in [-0.15, -0.1) is 0 Å². The Morgan fingerprint density at radius 1 is 0.145 bits per heavy atom. The molecule has 0 aliphatic heterocycles. The molecule has 0 spiro atoms. The first-order valence-electron chi connectivity index (χ1n) is 47.4. The van der Waals surface area contributed by atoms with Gasteiger partial charge in [-0.25, -0.2) is 19.9 Å². The van der Waals surface area contributed by atoms with E-state index >= 15 is 0 Å². The minimum Gasteiger partial charge on any atom is -0.309 e. The lowest BCUT2D eigenvalue weighted by molar-refractivity contribution is 1.17. The number of aromatic nitrogens is 8. The first-order chi connectivity index (χ1) is 68.5. The lowest BCUT2D eigenvalue weighted by Crippen LogP contribution is -1.99. The van der Waals surface area contributed by atoms with E-state index in [1.807, 2.05) is 0 Å². The summed E-state index contributed by atoms with van der Waals surface area (Å²) in [5.74, 6) is 1.41. The van der Waals surface area contributed by atoms with Crippen molar-refractivity contribution < 1.29 is 0 Å². The van der Waals surface area contributed by atoms with E-state index in [0.29, 0.717) is 11.6 Å². The molecule has 8 nitrogen and oxygen atoms in total. The van der Waals surface area contributed by atoms with Crippen LogP contribution in [0.15, 0.2) is 461 Å². The molecule has 0 atom stereocenters. The molecule has 1 aliphatic carbocycles. The maximum atomic E-state index is 5.55. The summed E-state index contributed by atoms with van der Waals surface area (Å²) in [7, 11) is 0. The van der Waals surface area contributed by atoms with Gasteiger partial charge in [0.25, 0.3) is 0 Å². The van der Waals surface area contributed by atoms with E-state index in [0.717, 1.165) is 100 Å². The summed E-state index contributed by atoms with van der Waals surface area (Å²) in [6, 6.07) is 168. The van der Waals surface area contributed by atoms with Gasteiger partial charge >= 0.3 is 0 Å². The van der Waals surface area contributed by atoms with E-state index in [2.05, 4.69) is 479 Å². The molecule has 0 radical (unpaired) electrons. The van der Waals surface area contributed by atoms with Gasteiger partial charge in [-0.1, -0.05) is 328 Å². The van der Waals surface area contributed by atoms with Crippen LogP contribution in [-0.4, -0.2) is 38.2 Å². The highest BCUT2D eigenvalue weighted by molar-refractivity contribution is 6.29. The van der Waals surface area contributed by atoms with Crippen molar-refractivity contribution >= 4 is 206 Å². The number of rotatable bonds is 8. The Hall–Kier alpha value is -18.5. The van der Waals surface area contributed by atoms with Crippen molar-refractivity contribution in [3.63, 3.8) is 0 Å². The third-order valence-electron chi connectivity index (χ3n) is 29.7. The topological polar surface area (TPSA) is 71.3 Å². The normalized spacial score (nSPS) is 12.2. The Morgan fingerprint density at radius 2 is 0.565 bits per heavy atom. The summed E-state index contributed by atoms with van der Waals surface area (Å²) in [5.41, 5.74) is 26.9. The molecule has 24 aromatic carbocycles. The number of hydrogen-bond acceptors (Lipinski definition) is 4. The molecule has 0 unspecified atom stereocenters. The van der Waals surface area contributed by atoms with Crippen LogP contribution >= 0.6 is 0 Å². The van der Waals surface area contributed by atoms with Gasteiger partial charge < -0.3 is 18.3 Å². The first kappa shape index (κ1) is 76.1. The summed E-state index contributed by atoms with van der Waals surface area (Å²) in [6.07, 6.45) is 0. The van der Waals surface area contributed by atoms with E-state index in [-0.39, 0.29) is 0 Å². The summed E-state index contributed by atoms with van der Waals surface area (Å²) in [4.78, 5) is 21.5.